The first-order valence-corrected chi connectivity index (χ1v) is 10.1. The van der Waals surface area contributed by atoms with Crippen molar-refractivity contribution >= 4 is 23.8 Å². The molecule has 0 spiro atoms. The molecule has 0 unspecified atom stereocenters. The van der Waals surface area contributed by atoms with E-state index in [0.717, 1.165) is 23.4 Å². The Kier molecular flexibility index (Phi) is 6.76. The van der Waals surface area contributed by atoms with Gasteiger partial charge < -0.3 is 9.64 Å². The van der Waals surface area contributed by atoms with E-state index in [2.05, 4.69) is 0 Å². The Morgan fingerprint density at radius 3 is 2.30 bits per heavy atom. The number of carbonyl (C=O) groups is 2. The molecule has 1 aliphatic heterocycles. The zero-order valence-corrected chi connectivity index (χ0v) is 16.2. The van der Waals surface area contributed by atoms with Gasteiger partial charge in [0.25, 0.3) is 0 Å². The molecule has 2 aromatic carbocycles. The summed E-state index contributed by atoms with van der Waals surface area (Å²) in [6, 6.07) is 18.7. The van der Waals surface area contributed by atoms with Gasteiger partial charge in [-0.25, -0.2) is 4.79 Å². The number of hydrogen-bond acceptors (Lipinski definition) is 4. The molecule has 1 heterocycles. The van der Waals surface area contributed by atoms with Gasteiger partial charge in [-0.15, -0.1) is 11.8 Å². The van der Waals surface area contributed by atoms with Gasteiger partial charge in [-0.1, -0.05) is 60.7 Å². The summed E-state index contributed by atoms with van der Waals surface area (Å²) >= 11 is 1.73. The van der Waals surface area contributed by atoms with Crippen molar-refractivity contribution in [3.63, 3.8) is 0 Å². The molecule has 27 heavy (non-hydrogen) atoms. The van der Waals surface area contributed by atoms with E-state index in [4.69, 9.17) is 4.74 Å². The predicted octanol–water partition coefficient (Wildman–Crippen LogP) is 3.40. The van der Waals surface area contributed by atoms with Gasteiger partial charge in [0, 0.05) is 25.8 Å². The zero-order valence-electron chi connectivity index (χ0n) is 15.4. The standard InChI is InChI=1S/C21H24N2O3S/c1-22(21(25)26-15-18-10-6-3-7-11-18)19(14-17-8-4-2-5-9-17)20(24)23-12-13-27-16-23/h2-11,19H,12-16H2,1H3/t19-/m0/s1. The van der Waals surface area contributed by atoms with Crippen LogP contribution in [0.5, 0.6) is 0 Å². The molecule has 6 heteroatoms. The van der Waals surface area contributed by atoms with E-state index in [1.807, 2.05) is 65.6 Å². The number of hydrogen-bond donors (Lipinski definition) is 0. The van der Waals surface area contributed by atoms with Gasteiger partial charge in [0.05, 0.1) is 5.88 Å². The molecule has 5 nitrogen and oxygen atoms in total. The molecule has 2 amide bonds. The average Bonchev–Trinajstić information content (AvgIpc) is 3.25. The molecule has 1 fully saturated rings. The molecule has 0 bridgehead atoms. The van der Waals surface area contributed by atoms with Crippen molar-refractivity contribution in [3.05, 3.63) is 71.8 Å². The van der Waals surface area contributed by atoms with Gasteiger partial charge in [0.1, 0.15) is 12.6 Å². The van der Waals surface area contributed by atoms with Crippen molar-refractivity contribution < 1.29 is 14.3 Å². The first kappa shape index (κ1) is 19.3. The van der Waals surface area contributed by atoms with Gasteiger partial charge in [-0.3, -0.25) is 9.69 Å². The van der Waals surface area contributed by atoms with Crippen LogP contribution in [0.4, 0.5) is 4.79 Å². The van der Waals surface area contributed by atoms with Gasteiger partial charge in [-0.05, 0) is 11.1 Å². The van der Waals surface area contributed by atoms with Crippen molar-refractivity contribution in [3.8, 4) is 0 Å². The molecular weight excluding hydrogens is 360 g/mol. The topological polar surface area (TPSA) is 49.9 Å². The van der Waals surface area contributed by atoms with E-state index < -0.39 is 12.1 Å². The number of ether oxygens (including phenoxy) is 1. The highest BCUT2D eigenvalue weighted by Gasteiger charge is 2.33. The monoisotopic (exact) mass is 384 g/mol. The Hall–Kier alpha value is -2.47. The summed E-state index contributed by atoms with van der Waals surface area (Å²) in [4.78, 5) is 28.9. The Bertz CT molecular complexity index is 749. The molecule has 142 valence electrons. The van der Waals surface area contributed by atoms with E-state index in [1.54, 1.807) is 18.8 Å². The lowest BCUT2D eigenvalue weighted by molar-refractivity contribution is -0.134. The van der Waals surface area contributed by atoms with E-state index in [0.29, 0.717) is 12.3 Å². The highest BCUT2D eigenvalue weighted by atomic mass is 32.2. The second-order valence-corrected chi connectivity index (χ2v) is 7.57. The van der Waals surface area contributed by atoms with Gasteiger partial charge in [-0.2, -0.15) is 0 Å². The lowest BCUT2D eigenvalue weighted by atomic mass is 10.0. The summed E-state index contributed by atoms with van der Waals surface area (Å²) < 4.78 is 5.43. The molecule has 2 aromatic rings. The molecular formula is C21H24N2O3S. The fourth-order valence-corrected chi connectivity index (χ4v) is 3.93. The average molecular weight is 385 g/mol. The minimum absolute atomic E-state index is 0.0250. The maximum absolute atomic E-state index is 13.0. The third kappa shape index (κ3) is 5.26. The van der Waals surface area contributed by atoms with Gasteiger partial charge in [0.2, 0.25) is 5.91 Å². The lowest BCUT2D eigenvalue weighted by Gasteiger charge is -2.30. The van der Waals surface area contributed by atoms with Crippen LogP contribution in [-0.2, 0) is 22.6 Å². The second kappa shape index (κ2) is 9.46. The van der Waals surface area contributed by atoms with Crippen molar-refractivity contribution in [2.45, 2.75) is 19.1 Å². The number of rotatable bonds is 6. The van der Waals surface area contributed by atoms with Gasteiger partial charge in [0.15, 0.2) is 0 Å². The Morgan fingerprint density at radius 2 is 1.70 bits per heavy atom. The Labute approximate surface area is 164 Å². The molecule has 0 N–H and O–H groups in total. The number of carbonyl (C=O) groups excluding carboxylic acids is 2. The van der Waals surface area contributed by atoms with Crippen molar-refractivity contribution in [2.24, 2.45) is 0 Å². The summed E-state index contributed by atoms with van der Waals surface area (Å²) in [5.74, 6) is 1.59. The Balaban J connectivity index is 1.69. The summed E-state index contributed by atoms with van der Waals surface area (Å²) in [5.41, 5.74) is 1.94. The van der Waals surface area contributed by atoms with Crippen molar-refractivity contribution in [1.29, 1.82) is 0 Å². The minimum Gasteiger partial charge on any atom is -0.445 e. The molecule has 1 atom stereocenters. The van der Waals surface area contributed by atoms with E-state index in [1.165, 1.54) is 4.90 Å². The minimum atomic E-state index is -0.575. The molecule has 0 saturated carbocycles. The number of amides is 2. The molecule has 1 saturated heterocycles. The molecule has 0 radical (unpaired) electrons. The predicted molar refractivity (Wildman–Crippen MR) is 107 cm³/mol. The van der Waals surface area contributed by atoms with Crippen LogP contribution in [0.1, 0.15) is 11.1 Å². The van der Waals surface area contributed by atoms with Crippen LogP contribution < -0.4 is 0 Å². The first-order valence-electron chi connectivity index (χ1n) is 8.99. The van der Waals surface area contributed by atoms with E-state index in [-0.39, 0.29) is 12.5 Å². The van der Waals surface area contributed by atoms with Gasteiger partial charge >= 0.3 is 6.09 Å². The molecule has 0 aliphatic carbocycles. The lowest BCUT2D eigenvalue weighted by Crippen LogP contribution is -2.50. The maximum Gasteiger partial charge on any atom is 0.410 e. The SMILES string of the molecule is CN(C(=O)OCc1ccccc1)[C@@H](Cc1ccccc1)C(=O)N1CCSC1. The van der Waals surface area contributed by atoms with Crippen LogP contribution in [0.15, 0.2) is 60.7 Å². The van der Waals surface area contributed by atoms with Crippen LogP contribution in [0, 0.1) is 0 Å². The highest BCUT2D eigenvalue weighted by molar-refractivity contribution is 7.99. The smallest absolute Gasteiger partial charge is 0.410 e. The third-order valence-electron chi connectivity index (χ3n) is 4.58. The number of nitrogens with zero attached hydrogens (tertiary/aromatic N) is 2. The third-order valence-corrected chi connectivity index (χ3v) is 5.55. The first-order chi connectivity index (χ1) is 13.1. The summed E-state index contributed by atoms with van der Waals surface area (Å²) in [7, 11) is 1.64. The zero-order chi connectivity index (χ0) is 19.1. The Morgan fingerprint density at radius 1 is 1.07 bits per heavy atom. The van der Waals surface area contributed by atoms with E-state index in [9.17, 15) is 9.59 Å². The van der Waals surface area contributed by atoms with Crippen molar-refractivity contribution in [2.75, 3.05) is 25.2 Å². The van der Waals surface area contributed by atoms with Crippen LogP contribution in [0.2, 0.25) is 0 Å². The van der Waals surface area contributed by atoms with Crippen LogP contribution in [0.25, 0.3) is 0 Å². The van der Waals surface area contributed by atoms with Crippen LogP contribution in [0.3, 0.4) is 0 Å². The molecule has 0 aromatic heterocycles. The summed E-state index contributed by atoms with van der Waals surface area (Å²) in [6.45, 7) is 0.914. The number of thioether (sulfide) groups is 1. The maximum atomic E-state index is 13.0. The van der Waals surface area contributed by atoms with E-state index >= 15 is 0 Å². The normalized spacial score (nSPS) is 14.6. The van der Waals surface area contributed by atoms with Crippen molar-refractivity contribution in [1.82, 2.24) is 9.80 Å². The second-order valence-electron chi connectivity index (χ2n) is 6.50. The van der Waals surface area contributed by atoms with Crippen LogP contribution in [-0.4, -0.2) is 53.1 Å². The molecule has 1 aliphatic rings. The number of benzene rings is 2. The quantitative estimate of drug-likeness (QED) is 0.766. The number of likely N-dealkylation sites (N-methyl/N-ethyl adjacent to an activating group) is 1. The largest absolute Gasteiger partial charge is 0.445 e. The summed E-state index contributed by atoms with van der Waals surface area (Å²) in [5, 5.41) is 0. The fourth-order valence-electron chi connectivity index (χ4n) is 2.97. The summed E-state index contributed by atoms with van der Waals surface area (Å²) in [6.07, 6.45) is -0.0161. The fraction of sp³-hybridized carbons (Fsp3) is 0.333. The van der Waals surface area contributed by atoms with Crippen LogP contribution >= 0.6 is 11.8 Å². The molecule has 3 rings (SSSR count). The highest BCUT2D eigenvalue weighted by Crippen LogP contribution is 2.19.